The summed E-state index contributed by atoms with van der Waals surface area (Å²) in [5.41, 5.74) is 0.778. The summed E-state index contributed by atoms with van der Waals surface area (Å²) in [6.45, 7) is 11.8. The number of carbonyl (C=O) groups is 1. The molecule has 26 heavy (non-hydrogen) atoms. The van der Waals surface area contributed by atoms with Crippen molar-refractivity contribution in [3.63, 3.8) is 0 Å². The molecule has 0 saturated carbocycles. The quantitative estimate of drug-likeness (QED) is 0.813. The van der Waals surface area contributed by atoms with E-state index in [1.54, 1.807) is 12.1 Å². The Morgan fingerprint density at radius 2 is 2.00 bits per heavy atom. The Morgan fingerprint density at radius 1 is 1.35 bits per heavy atom. The van der Waals surface area contributed by atoms with Crippen LogP contribution in [0.2, 0.25) is 0 Å². The molecule has 0 atom stereocenters. The largest absolute Gasteiger partial charge is 0.379 e. The number of morpholine rings is 1. The first-order valence-electron chi connectivity index (χ1n) is 9.11. The zero-order valence-corrected chi connectivity index (χ0v) is 16.4. The average Bonchev–Trinajstić information content (AvgIpc) is 2.60. The molecule has 1 aromatic rings. The maximum Gasteiger partial charge on any atom is 0.319 e. The minimum atomic E-state index is -0.354. The topological polar surface area (TPSA) is 56.8 Å². The summed E-state index contributed by atoms with van der Waals surface area (Å²) < 4.78 is 19.7. The number of amides is 2. The number of nitrogens with zero attached hydrogens (tertiary/aromatic N) is 2. The lowest BCUT2D eigenvalue weighted by atomic mass is 10.0. The molecule has 1 aromatic carbocycles. The summed E-state index contributed by atoms with van der Waals surface area (Å²) in [7, 11) is 1.84. The highest BCUT2D eigenvalue weighted by Gasteiger charge is 2.28. The van der Waals surface area contributed by atoms with Gasteiger partial charge in [-0.2, -0.15) is 0 Å². The summed E-state index contributed by atoms with van der Waals surface area (Å²) in [5, 5.41) is 5.58. The normalized spacial score (nSPS) is 15.8. The maximum atomic E-state index is 14.3. The molecule has 0 radical (unpaired) electrons. The van der Waals surface area contributed by atoms with Crippen molar-refractivity contribution in [3.8, 4) is 0 Å². The van der Waals surface area contributed by atoms with E-state index in [-0.39, 0.29) is 23.4 Å². The van der Waals surface area contributed by atoms with Crippen molar-refractivity contribution in [3.05, 3.63) is 24.0 Å². The van der Waals surface area contributed by atoms with Gasteiger partial charge in [-0.1, -0.05) is 0 Å². The van der Waals surface area contributed by atoms with E-state index in [1.165, 1.54) is 6.07 Å². The lowest BCUT2D eigenvalue weighted by molar-refractivity contribution is -0.00863. The highest BCUT2D eigenvalue weighted by molar-refractivity contribution is 5.89. The summed E-state index contributed by atoms with van der Waals surface area (Å²) in [6, 6.07) is 4.60. The van der Waals surface area contributed by atoms with Crippen molar-refractivity contribution in [1.29, 1.82) is 0 Å². The van der Waals surface area contributed by atoms with Gasteiger partial charge >= 0.3 is 6.03 Å². The molecule has 2 N–H and O–H groups in total. The van der Waals surface area contributed by atoms with Gasteiger partial charge in [0.15, 0.2) is 0 Å². The second-order valence-electron chi connectivity index (χ2n) is 7.59. The molecule has 7 heteroatoms. The lowest BCUT2D eigenvalue weighted by Crippen LogP contribution is -2.55. The van der Waals surface area contributed by atoms with Crippen LogP contribution in [-0.2, 0) is 4.74 Å². The third kappa shape index (κ3) is 5.32. The summed E-state index contributed by atoms with van der Waals surface area (Å²) in [4.78, 5) is 16.3. The molecule has 1 heterocycles. The fourth-order valence-electron chi connectivity index (χ4n) is 2.90. The van der Waals surface area contributed by atoms with Crippen LogP contribution in [-0.4, -0.2) is 62.4 Å². The Hall–Kier alpha value is -1.86. The predicted octanol–water partition coefficient (Wildman–Crippen LogP) is 2.90. The van der Waals surface area contributed by atoms with Gasteiger partial charge in [0.05, 0.1) is 18.9 Å². The number of benzene rings is 1. The van der Waals surface area contributed by atoms with E-state index in [0.717, 1.165) is 13.1 Å². The Morgan fingerprint density at radius 3 is 2.58 bits per heavy atom. The van der Waals surface area contributed by atoms with E-state index in [1.807, 2.05) is 25.8 Å². The van der Waals surface area contributed by atoms with Crippen LogP contribution in [0.5, 0.6) is 0 Å². The Bertz CT molecular complexity index is 616. The SMILES string of the molecule is CC(C)N(C)c1ccc(NC(=O)NCC(C)(C)N2CCOCC2)cc1F. The van der Waals surface area contributed by atoms with Gasteiger partial charge in [0, 0.05) is 44.0 Å². The van der Waals surface area contributed by atoms with E-state index < -0.39 is 0 Å². The van der Waals surface area contributed by atoms with Crippen LogP contribution in [0.15, 0.2) is 18.2 Å². The van der Waals surface area contributed by atoms with Crippen molar-refractivity contribution in [2.45, 2.75) is 39.3 Å². The molecule has 1 fully saturated rings. The molecule has 0 unspecified atom stereocenters. The zero-order valence-electron chi connectivity index (χ0n) is 16.4. The molecule has 0 aliphatic carbocycles. The second kappa shape index (κ2) is 8.68. The maximum absolute atomic E-state index is 14.3. The molecule has 2 rings (SSSR count). The fraction of sp³-hybridized carbons (Fsp3) is 0.632. The van der Waals surface area contributed by atoms with Gasteiger partial charge in [0.1, 0.15) is 5.82 Å². The smallest absolute Gasteiger partial charge is 0.319 e. The summed E-state index contributed by atoms with van der Waals surface area (Å²) >= 11 is 0. The van der Waals surface area contributed by atoms with Crippen molar-refractivity contribution < 1.29 is 13.9 Å². The van der Waals surface area contributed by atoms with Crippen LogP contribution in [0.4, 0.5) is 20.6 Å². The van der Waals surface area contributed by atoms with Gasteiger partial charge in [-0.3, -0.25) is 4.90 Å². The van der Waals surface area contributed by atoms with Crippen molar-refractivity contribution >= 4 is 17.4 Å². The first-order valence-corrected chi connectivity index (χ1v) is 9.11. The number of nitrogens with one attached hydrogen (secondary N) is 2. The molecule has 6 nitrogen and oxygen atoms in total. The number of urea groups is 1. The minimum absolute atomic E-state index is 0.170. The van der Waals surface area contributed by atoms with Gasteiger partial charge in [0.2, 0.25) is 0 Å². The molecule has 2 amide bonds. The third-order valence-electron chi connectivity index (χ3n) is 4.91. The Balaban J connectivity index is 1.90. The zero-order chi connectivity index (χ0) is 19.3. The monoisotopic (exact) mass is 366 g/mol. The van der Waals surface area contributed by atoms with Crippen molar-refractivity contribution in [2.75, 3.05) is 50.1 Å². The molecule has 1 aliphatic heterocycles. The molecule has 0 spiro atoms. The molecule has 1 aliphatic rings. The molecular weight excluding hydrogens is 335 g/mol. The van der Waals surface area contributed by atoms with Gasteiger partial charge in [0.25, 0.3) is 0 Å². The number of halogens is 1. The highest BCUT2D eigenvalue weighted by Crippen LogP contribution is 2.23. The van der Waals surface area contributed by atoms with Gasteiger partial charge in [-0.05, 0) is 45.9 Å². The summed E-state index contributed by atoms with van der Waals surface area (Å²) in [5.74, 6) is -0.354. The molecule has 1 saturated heterocycles. The fourth-order valence-corrected chi connectivity index (χ4v) is 2.90. The van der Waals surface area contributed by atoms with Crippen LogP contribution in [0.1, 0.15) is 27.7 Å². The molecule has 0 aromatic heterocycles. The molecular formula is C19H31FN4O2. The van der Waals surface area contributed by atoms with E-state index in [2.05, 4.69) is 29.4 Å². The van der Waals surface area contributed by atoms with Crippen LogP contribution in [0.3, 0.4) is 0 Å². The van der Waals surface area contributed by atoms with Gasteiger partial charge in [-0.25, -0.2) is 9.18 Å². The van der Waals surface area contributed by atoms with E-state index in [0.29, 0.717) is 31.1 Å². The number of carbonyl (C=O) groups excluding carboxylic acids is 1. The van der Waals surface area contributed by atoms with Crippen LogP contribution < -0.4 is 15.5 Å². The number of hydrogen-bond donors (Lipinski definition) is 2. The highest BCUT2D eigenvalue weighted by atomic mass is 19.1. The minimum Gasteiger partial charge on any atom is -0.379 e. The van der Waals surface area contributed by atoms with Crippen molar-refractivity contribution in [2.24, 2.45) is 0 Å². The van der Waals surface area contributed by atoms with E-state index in [9.17, 15) is 9.18 Å². The standard InChI is InChI=1S/C19H31FN4O2/c1-14(2)23(5)17-7-6-15(12-16(17)20)22-18(25)21-13-19(3,4)24-8-10-26-11-9-24/h6-7,12,14H,8-11,13H2,1-5H3,(H2,21,22,25). The first kappa shape index (κ1) is 20.5. The van der Waals surface area contributed by atoms with Crippen LogP contribution in [0.25, 0.3) is 0 Å². The average molecular weight is 366 g/mol. The van der Waals surface area contributed by atoms with E-state index >= 15 is 0 Å². The van der Waals surface area contributed by atoms with E-state index in [4.69, 9.17) is 4.74 Å². The first-order chi connectivity index (χ1) is 12.2. The Labute approximate surface area is 155 Å². The number of rotatable bonds is 6. The number of ether oxygens (including phenoxy) is 1. The van der Waals surface area contributed by atoms with Crippen LogP contribution in [0, 0.1) is 5.82 Å². The van der Waals surface area contributed by atoms with Gasteiger partial charge < -0.3 is 20.3 Å². The van der Waals surface area contributed by atoms with Gasteiger partial charge in [-0.15, -0.1) is 0 Å². The van der Waals surface area contributed by atoms with Crippen molar-refractivity contribution in [1.82, 2.24) is 10.2 Å². The molecule has 146 valence electrons. The molecule has 0 bridgehead atoms. The summed E-state index contributed by atoms with van der Waals surface area (Å²) in [6.07, 6.45) is 0. The predicted molar refractivity (Wildman–Crippen MR) is 103 cm³/mol. The Kier molecular flexibility index (Phi) is 6.83. The lowest BCUT2D eigenvalue weighted by Gasteiger charge is -2.40. The second-order valence-corrected chi connectivity index (χ2v) is 7.59. The number of hydrogen-bond acceptors (Lipinski definition) is 4. The number of anilines is 2. The van der Waals surface area contributed by atoms with Crippen LogP contribution >= 0.6 is 0 Å². The third-order valence-corrected chi connectivity index (χ3v) is 4.91.